The van der Waals surface area contributed by atoms with E-state index < -0.39 is 5.97 Å². The van der Waals surface area contributed by atoms with Gasteiger partial charge in [-0.2, -0.15) is 0 Å². The minimum Gasteiger partial charge on any atom is -0.543 e. The summed E-state index contributed by atoms with van der Waals surface area (Å²) in [6, 6.07) is 0. The molecule has 0 atom stereocenters. The Morgan fingerprint density at radius 1 is 1.38 bits per heavy atom. The Morgan fingerprint density at radius 2 is 2.00 bits per heavy atom. The van der Waals surface area contributed by atoms with Crippen LogP contribution >= 0.6 is 0 Å². The molecule has 1 aliphatic rings. The van der Waals surface area contributed by atoms with Gasteiger partial charge in [-0.15, -0.1) is 0 Å². The van der Waals surface area contributed by atoms with E-state index in [1.165, 1.54) is 39.0 Å². The average molecular weight is 235 g/mol. The van der Waals surface area contributed by atoms with Crippen LogP contribution in [0.15, 0.2) is 5.16 Å². The molecular weight excluding hydrogens is 217 g/mol. The Hall–Kier alpha value is -0.0600. The summed E-state index contributed by atoms with van der Waals surface area (Å²) in [7, 11) is 0. The van der Waals surface area contributed by atoms with Crippen LogP contribution in [0.5, 0.6) is 0 Å². The van der Waals surface area contributed by atoms with Crippen LogP contribution in [-0.2, 0) is 9.63 Å². The fraction of sp³-hybridized carbons (Fsp3) is 0.818. The number of aliphatic carboxylic acids is 1. The van der Waals surface area contributed by atoms with E-state index in [9.17, 15) is 9.90 Å². The second kappa shape index (κ2) is 9.02. The molecule has 5 heteroatoms. The van der Waals surface area contributed by atoms with E-state index in [1.54, 1.807) is 0 Å². The quantitative estimate of drug-likeness (QED) is 0.242. The van der Waals surface area contributed by atoms with Gasteiger partial charge in [0.15, 0.2) is 0 Å². The second-order valence-corrected chi connectivity index (χ2v) is 4.09. The summed E-state index contributed by atoms with van der Waals surface area (Å²) in [5.74, 6) is -0.537. The molecule has 16 heavy (non-hydrogen) atoms. The van der Waals surface area contributed by atoms with E-state index in [4.69, 9.17) is 4.84 Å². The molecule has 1 rings (SSSR count). The van der Waals surface area contributed by atoms with E-state index in [1.807, 2.05) is 0 Å². The Balaban J connectivity index is 0.00000225. The van der Waals surface area contributed by atoms with E-state index in [0.29, 0.717) is 6.61 Å². The summed E-state index contributed by atoms with van der Waals surface area (Å²) in [6.07, 6.45) is 7.49. The smallest absolute Gasteiger partial charge is 0.543 e. The van der Waals surface area contributed by atoms with Crippen LogP contribution < -0.4 is 34.7 Å². The SMILES string of the molecule is CC(=NOCCC1CCCCC1)C(=O)[O-].[Na+]. The molecule has 0 aromatic rings. The molecule has 1 fully saturated rings. The van der Waals surface area contributed by atoms with Crippen LogP contribution in [0, 0.1) is 5.92 Å². The fourth-order valence-electron chi connectivity index (χ4n) is 1.87. The zero-order valence-corrected chi connectivity index (χ0v) is 12.2. The van der Waals surface area contributed by atoms with Gasteiger partial charge in [-0.05, 0) is 19.3 Å². The molecule has 0 spiro atoms. The first-order valence-electron chi connectivity index (χ1n) is 5.58. The number of carbonyl (C=O) groups excluding carboxylic acids is 1. The van der Waals surface area contributed by atoms with Crippen molar-refractivity contribution in [2.45, 2.75) is 45.4 Å². The molecule has 0 aliphatic heterocycles. The monoisotopic (exact) mass is 235 g/mol. The van der Waals surface area contributed by atoms with E-state index in [2.05, 4.69) is 5.16 Å². The molecule has 0 bridgehead atoms. The second-order valence-electron chi connectivity index (χ2n) is 4.09. The summed E-state index contributed by atoms with van der Waals surface area (Å²) in [6.45, 7) is 1.88. The largest absolute Gasteiger partial charge is 1.00 e. The average Bonchev–Trinajstić information content (AvgIpc) is 2.25. The summed E-state index contributed by atoms with van der Waals surface area (Å²) in [5, 5.41) is 13.7. The number of nitrogens with zero attached hydrogens (tertiary/aromatic N) is 1. The van der Waals surface area contributed by atoms with Gasteiger partial charge in [0.05, 0.1) is 11.7 Å². The number of oxime groups is 1. The van der Waals surface area contributed by atoms with Gasteiger partial charge in [0.2, 0.25) is 0 Å². The summed E-state index contributed by atoms with van der Waals surface area (Å²) in [4.78, 5) is 15.2. The zero-order chi connectivity index (χ0) is 11.1. The van der Waals surface area contributed by atoms with Gasteiger partial charge in [-0.25, -0.2) is 0 Å². The topological polar surface area (TPSA) is 61.7 Å². The van der Waals surface area contributed by atoms with Crippen LogP contribution in [0.4, 0.5) is 0 Å². The molecule has 4 nitrogen and oxygen atoms in total. The number of carboxylic acids is 1. The molecule has 0 aromatic carbocycles. The third-order valence-corrected chi connectivity index (χ3v) is 2.84. The Bertz CT molecular complexity index is 237. The fourth-order valence-corrected chi connectivity index (χ4v) is 1.87. The molecule has 0 N–H and O–H groups in total. The van der Waals surface area contributed by atoms with Gasteiger partial charge in [-0.1, -0.05) is 37.3 Å². The van der Waals surface area contributed by atoms with Crippen molar-refractivity contribution in [1.82, 2.24) is 0 Å². The van der Waals surface area contributed by atoms with Gasteiger partial charge in [0.25, 0.3) is 0 Å². The minimum absolute atomic E-state index is 0. The number of hydrogen-bond acceptors (Lipinski definition) is 4. The van der Waals surface area contributed by atoms with Gasteiger partial charge in [-0.3, -0.25) is 0 Å². The first-order chi connectivity index (χ1) is 7.20. The van der Waals surface area contributed by atoms with E-state index in [-0.39, 0.29) is 35.3 Å². The molecule has 0 radical (unpaired) electrons. The van der Waals surface area contributed by atoms with E-state index >= 15 is 0 Å². The van der Waals surface area contributed by atoms with Crippen molar-refractivity contribution in [1.29, 1.82) is 0 Å². The first kappa shape index (κ1) is 15.9. The third kappa shape index (κ3) is 6.51. The predicted octanol–water partition coefficient (Wildman–Crippen LogP) is -1.90. The van der Waals surface area contributed by atoms with Gasteiger partial charge >= 0.3 is 29.6 Å². The number of carbonyl (C=O) groups is 1. The van der Waals surface area contributed by atoms with Crippen molar-refractivity contribution in [3.05, 3.63) is 0 Å². The van der Waals surface area contributed by atoms with Crippen molar-refractivity contribution in [2.24, 2.45) is 11.1 Å². The maximum absolute atomic E-state index is 10.3. The molecule has 86 valence electrons. The number of rotatable bonds is 5. The Kier molecular flexibility index (Phi) is 8.99. The standard InChI is InChI=1S/C11H19NO3.Na/c1-9(11(13)14)12-15-8-7-10-5-3-2-4-6-10;/h10H,2-8H2,1H3,(H,13,14);/q;+1/p-1. The van der Waals surface area contributed by atoms with Crippen molar-refractivity contribution in [2.75, 3.05) is 6.61 Å². The van der Waals surface area contributed by atoms with Gasteiger partial charge in [0, 0.05) is 0 Å². The molecule has 0 amide bonds. The Morgan fingerprint density at radius 3 is 2.56 bits per heavy atom. The van der Waals surface area contributed by atoms with Crippen molar-refractivity contribution >= 4 is 11.7 Å². The maximum Gasteiger partial charge on any atom is 1.00 e. The predicted molar refractivity (Wildman–Crippen MR) is 55.3 cm³/mol. The van der Waals surface area contributed by atoms with Crippen LogP contribution in [0.3, 0.4) is 0 Å². The van der Waals surface area contributed by atoms with Crippen LogP contribution in [0.1, 0.15) is 45.4 Å². The molecule has 1 aliphatic carbocycles. The first-order valence-corrected chi connectivity index (χ1v) is 5.58. The zero-order valence-electron chi connectivity index (χ0n) is 10.2. The number of carboxylic acid groups (broad SMARTS) is 1. The summed E-state index contributed by atoms with van der Waals surface area (Å²) < 4.78 is 0. The van der Waals surface area contributed by atoms with Gasteiger partial charge < -0.3 is 14.7 Å². The van der Waals surface area contributed by atoms with Crippen molar-refractivity contribution in [3.63, 3.8) is 0 Å². The minimum atomic E-state index is -1.27. The van der Waals surface area contributed by atoms with Crippen molar-refractivity contribution < 1.29 is 44.3 Å². The van der Waals surface area contributed by atoms with Crippen LogP contribution in [0.25, 0.3) is 0 Å². The molecule has 1 saturated carbocycles. The van der Waals surface area contributed by atoms with Crippen molar-refractivity contribution in [3.8, 4) is 0 Å². The molecule has 0 unspecified atom stereocenters. The molecular formula is C11H18NNaO3. The molecule has 0 saturated heterocycles. The molecule has 0 aromatic heterocycles. The normalized spacial score (nSPS) is 17.7. The van der Waals surface area contributed by atoms with E-state index in [0.717, 1.165) is 12.3 Å². The Labute approximate surface area is 119 Å². The summed E-state index contributed by atoms with van der Waals surface area (Å²) >= 11 is 0. The third-order valence-electron chi connectivity index (χ3n) is 2.84. The van der Waals surface area contributed by atoms with Gasteiger partial charge in [0.1, 0.15) is 6.61 Å². The maximum atomic E-state index is 10.3. The molecule has 0 heterocycles. The van der Waals surface area contributed by atoms with Crippen LogP contribution in [-0.4, -0.2) is 18.3 Å². The number of hydrogen-bond donors (Lipinski definition) is 0. The summed E-state index contributed by atoms with van der Waals surface area (Å²) in [5.41, 5.74) is -0.0985. The van der Waals surface area contributed by atoms with Crippen LogP contribution in [0.2, 0.25) is 0 Å².